The Labute approximate surface area is 177 Å². The first-order chi connectivity index (χ1) is 14.5. The third-order valence-electron chi connectivity index (χ3n) is 4.71. The molecule has 0 saturated carbocycles. The van der Waals surface area contributed by atoms with Crippen molar-refractivity contribution in [3.8, 4) is 5.75 Å². The Bertz CT molecular complexity index is 807. The third kappa shape index (κ3) is 7.71. The van der Waals surface area contributed by atoms with E-state index in [1.165, 1.54) is 12.1 Å². The number of nitrogens with zero attached hydrogens (tertiary/aromatic N) is 2. The molecule has 0 bridgehead atoms. The van der Waals surface area contributed by atoms with E-state index in [-0.39, 0.29) is 11.6 Å². The number of hydrogen-bond acceptors (Lipinski definition) is 6. The van der Waals surface area contributed by atoms with Gasteiger partial charge in [-0.25, -0.2) is 0 Å². The Hall–Kier alpha value is -3.13. The maximum absolute atomic E-state index is 12.3. The predicted molar refractivity (Wildman–Crippen MR) is 119 cm³/mol. The topological polar surface area (TPSA) is 96.7 Å². The number of nitrogens with one attached hydrogen (secondary N) is 2. The fraction of sp³-hybridized carbons (Fsp3) is 0.409. The molecule has 0 aliphatic carbocycles. The quantitative estimate of drug-likeness (QED) is 0.290. The molecule has 0 spiro atoms. The summed E-state index contributed by atoms with van der Waals surface area (Å²) in [7, 11) is 0. The average molecular weight is 415 g/mol. The molecule has 0 aromatic heterocycles. The molecule has 0 aliphatic rings. The van der Waals surface area contributed by atoms with Crippen LogP contribution in [0.5, 0.6) is 5.75 Å². The van der Waals surface area contributed by atoms with Gasteiger partial charge in [0.1, 0.15) is 12.4 Å². The number of non-ortho nitro benzene ring substituents is 1. The summed E-state index contributed by atoms with van der Waals surface area (Å²) in [4.78, 5) is 24.8. The first kappa shape index (κ1) is 23.2. The normalized spacial score (nSPS) is 10.6. The lowest BCUT2D eigenvalue weighted by Gasteiger charge is -2.19. The van der Waals surface area contributed by atoms with E-state index in [1.54, 1.807) is 12.1 Å². The van der Waals surface area contributed by atoms with E-state index in [0.717, 1.165) is 25.3 Å². The second kappa shape index (κ2) is 12.4. The van der Waals surface area contributed by atoms with Gasteiger partial charge in [-0.15, -0.1) is 0 Å². The molecule has 2 aromatic carbocycles. The van der Waals surface area contributed by atoms with E-state index in [4.69, 9.17) is 4.74 Å². The third-order valence-corrected chi connectivity index (χ3v) is 4.71. The molecular weight excluding hydrogens is 384 g/mol. The van der Waals surface area contributed by atoms with Crippen LogP contribution < -0.4 is 15.4 Å². The van der Waals surface area contributed by atoms with E-state index < -0.39 is 4.92 Å². The van der Waals surface area contributed by atoms with Gasteiger partial charge in [0.15, 0.2) is 0 Å². The zero-order chi connectivity index (χ0) is 21.8. The van der Waals surface area contributed by atoms with E-state index in [0.29, 0.717) is 37.4 Å². The summed E-state index contributed by atoms with van der Waals surface area (Å²) in [5.41, 5.74) is 1.51. The fourth-order valence-corrected chi connectivity index (χ4v) is 2.92. The molecule has 0 atom stereocenters. The molecular formula is C22H30N4O4. The highest BCUT2D eigenvalue weighted by Gasteiger charge is 2.09. The van der Waals surface area contributed by atoms with Crippen molar-refractivity contribution in [2.24, 2.45) is 0 Å². The lowest BCUT2D eigenvalue weighted by molar-refractivity contribution is -0.384. The van der Waals surface area contributed by atoms with Gasteiger partial charge < -0.3 is 20.3 Å². The van der Waals surface area contributed by atoms with Gasteiger partial charge in [0.05, 0.1) is 10.6 Å². The molecule has 0 heterocycles. The zero-order valence-electron chi connectivity index (χ0n) is 17.6. The van der Waals surface area contributed by atoms with Crippen LogP contribution in [0.15, 0.2) is 48.5 Å². The van der Waals surface area contributed by atoms with Crippen molar-refractivity contribution < 1.29 is 14.5 Å². The van der Waals surface area contributed by atoms with Crippen LogP contribution in [0.2, 0.25) is 0 Å². The molecule has 2 rings (SSSR count). The number of anilines is 2. The number of benzene rings is 2. The van der Waals surface area contributed by atoms with Crippen LogP contribution in [0.25, 0.3) is 0 Å². The number of rotatable bonds is 13. The average Bonchev–Trinajstić information content (AvgIpc) is 2.75. The fourth-order valence-electron chi connectivity index (χ4n) is 2.92. The number of hydrogen-bond donors (Lipinski definition) is 2. The summed E-state index contributed by atoms with van der Waals surface area (Å²) in [5, 5.41) is 16.7. The van der Waals surface area contributed by atoms with E-state index in [1.807, 2.05) is 24.3 Å². The smallest absolute Gasteiger partial charge is 0.269 e. The summed E-state index contributed by atoms with van der Waals surface area (Å²) >= 11 is 0. The minimum atomic E-state index is -0.431. The highest BCUT2D eigenvalue weighted by Crippen LogP contribution is 2.24. The van der Waals surface area contributed by atoms with Crippen LogP contribution in [0, 0.1) is 10.1 Å². The molecule has 0 saturated heterocycles. The number of para-hydroxylation sites is 2. The minimum Gasteiger partial charge on any atom is -0.490 e. The van der Waals surface area contributed by atoms with Gasteiger partial charge in [-0.3, -0.25) is 14.9 Å². The summed E-state index contributed by atoms with van der Waals surface area (Å²) in [6, 6.07) is 13.7. The standard InChI is InChI=1S/C22H30N4O4/c1-3-25(4-2)16-17-30-21-9-6-5-8-20(21)24-22(27)10-7-15-23-18-11-13-19(14-12-18)26(28)29/h5-6,8-9,11-14,23H,3-4,7,10,15-17H2,1-2H3,(H,24,27). The highest BCUT2D eigenvalue weighted by molar-refractivity contribution is 5.92. The van der Waals surface area contributed by atoms with Gasteiger partial charge >= 0.3 is 0 Å². The first-order valence-electron chi connectivity index (χ1n) is 10.3. The molecule has 0 unspecified atom stereocenters. The second-order valence-electron chi connectivity index (χ2n) is 6.75. The number of nitro groups is 1. The number of likely N-dealkylation sites (N-methyl/N-ethyl adjacent to an activating group) is 1. The van der Waals surface area contributed by atoms with Crippen LogP contribution in [0.4, 0.5) is 17.1 Å². The maximum Gasteiger partial charge on any atom is 0.269 e. The van der Waals surface area contributed by atoms with Crippen LogP contribution in [-0.2, 0) is 4.79 Å². The Morgan fingerprint density at radius 2 is 1.80 bits per heavy atom. The molecule has 2 N–H and O–H groups in total. The number of ether oxygens (including phenoxy) is 1. The molecule has 30 heavy (non-hydrogen) atoms. The molecule has 162 valence electrons. The van der Waals surface area contributed by atoms with E-state index in [2.05, 4.69) is 29.4 Å². The van der Waals surface area contributed by atoms with Crippen molar-refractivity contribution in [3.63, 3.8) is 0 Å². The molecule has 0 fully saturated rings. The van der Waals surface area contributed by atoms with Crippen molar-refractivity contribution in [1.82, 2.24) is 4.90 Å². The largest absolute Gasteiger partial charge is 0.490 e. The van der Waals surface area contributed by atoms with Crippen LogP contribution in [-0.4, -0.2) is 48.5 Å². The van der Waals surface area contributed by atoms with Gasteiger partial charge in [0.2, 0.25) is 5.91 Å². The van der Waals surface area contributed by atoms with Gasteiger partial charge in [0, 0.05) is 37.3 Å². The molecule has 0 aliphatic heterocycles. The minimum absolute atomic E-state index is 0.0536. The molecule has 1 amide bonds. The van der Waals surface area contributed by atoms with Crippen molar-refractivity contribution in [1.29, 1.82) is 0 Å². The SMILES string of the molecule is CCN(CC)CCOc1ccccc1NC(=O)CCCNc1ccc([N+](=O)[O-])cc1. The Kier molecular flexibility index (Phi) is 9.60. The van der Waals surface area contributed by atoms with Gasteiger partial charge in [0.25, 0.3) is 5.69 Å². The summed E-state index contributed by atoms with van der Waals surface area (Å²) < 4.78 is 5.87. The van der Waals surface area contributed by atoms with Gasteiger partial charge in [-0.2, -0.15) is 0 Å². The van der Waals surface area contributed by atoms with Crippen molar-refractivity contribution >= 4 is 23.0 Å². The first-order valence-corrected chi connectivity index (χ1v) is 10.3. The number of nitro benzene ring substituents is 1. The molecule has 8 heteroatoms. The Morgan fingerprint density at radius 3 is 2.47 bits per heavy atom. The van der Waals surface area contributed by atoms with Crippen LogP contribution >= 0.6 is 0 Å². The van der Waals surface area contributed by atoms with Gasteiger partial charge in [-0.05, 0) is 43.8 Å². The van der Waals surface area contributed by atoms with Gasteiger partial charge in [-0.1, -0.05) is 26.0 Å². The summed E-state index contributed by atoms with van der Waals surface area (Å²) in [5.74, 6) is 0.585. The number of amides is 1. The molecule has 8 nitrogen and oxygen atoms in total. The summed E-state index contributed by atoms with van der Waals surface area (Å²) in [6.45, 7) is 8.19. The number of carbonyl (C=O) groups excluding carboxylic acids is 1. The van der Waals surface area contributed by atoms with Crippen molar-refractivity contribution in [2.45, 2.75) is 26.7 Å². The molecule has 2 aromatic rings. The Morgan fingerprint density at radius 1 is 1.10 bits per heavy atom. The lowest BCUT2D eigenvalue weighted by atomic mass is 10.2. The van der Waals surface area contributed by atoms with Crippen LogP contribution in [0.1, 0.15) is 26.7 Å². The maximum atomic E-state index is 12.3. The second-order valence-corrected chi connectivity index (χ2v) is 6.75. The zero-order valence-corrected chi connectivity index (χ0v) is 17.6. The number of carbonyl (C=O) groups is 1. The van der Waals surface area contributed by atoms with Crippen molar-refractivity contribution in [3.05, 3.63) is 58.6 Å². The predicted octanol–water partition coefficient (Wildman–Crippen LogP) is 4.15. The summed E-state index contributed by atoms with van der Waals surface area (Å²) in [6.07, 6.45) is 0.988. The van der Waals surface area contributed by atoms with E-state index in [9.17, 15) is 14.9 Å². The van der Waals surface area contributed by atoms with E-state index >= 15 is 0 Å². The van der Waals surface area contributed by atoms with Crippen LogP contribution in [0.3, 0.4) is 0 Å². The monoisotopic (exact) mass is 414 g/mol. The van der Waals surface area contributed by atoms with Crippen molar-refractivity contribution in [2.75, 3.05) is 43.4 Å². The highest BCUT2D eigenvalue weighted by atomic mass is 16.6. The molecule has 0 radical (unpaired) electrons. The lowest BCUT2D eigenvalue weighted by Crippen LogP contribution is -2.28. The Balaban J connectivity index is 1.74.